The summed E-state index contributed by atoms with van der Waals surface area (Å²) in [5.74, 6) is 0. The number of anilines is 1. The third-order valence-electron chi connectivity index (χ3n) is 2.24. The molecule has 0 fully saturated rings. The van der Waals surface area contributed by atoms with Crippen LogP contribution in [0.3, 0.4) is 0 Å². The lowest BCUT2D eigenvalue weighted by molar-refractivity contribution is 0.268. The molecule has 2 atom stereocenters. The van der Waals surface area contributed by atoms with E-state index in [2.05, 4.69) is 12.6 Å². The number of benzene rings is 1. The summed E-state index contributed by atoms with van der Waals surface area (Å²) < 4.78 is 23.7. The first-order valence-electron chi connectivity index (χ1n) is 4.76. The first-order valence-corrected chi connectivity index (χ1v) is 6.82. The van der Waals surface area contributed by atoms with E-state index in [-0.39, 0.29) is 10.1 Å². The van der Waals surface area contributed by atoms with Crippen molar-refractivity contribution >= 4 is 28.2 Å². The number of hydrogen-bond donors (Lipinski definition) is 3. The number of rotatable bonds is 3. The first-order chi connectivity index (χ1) is 7.26. The highest BCUT2D eigenvalue weighted by Crippen LogP contribution is 2.30. The molecule has 0 aliphatic rings. The lowest BCUT2D eigenvalue weighted by Crippen LogP contribution is -2.19. The summed E-state index contributed by atoms with van der Waals surface area (Å²) >= 11 is 4.20. The van der Waals surface area contributed by atoms with E-state index in [1.807, 2.05) is 0 Å². The molecular weight excluding hydrogens is 246 g/mol. The average Bonchev–Trinajstić information content (AvgIpc) is 2.16. The molecule has 0 amide bonds. The van der Waals surface area contributed by atoms with E-state index >= 15 is 0 Å². The van der Waals surface area contributed by atoms with Gasteiger partial charge in [-0.05, 0) is 31.5 Å². The number of aliphatic hydroxyl groups is 1. The Labute approximate surface area is 101 Å². The van der Waals surface area contributed by atoms with E-state index in [9.17, 15) is 13.5 Å². The summed E-state index contributed by atoms with van der Waals surface area (Å²) in [5, 5.41) is 9.03. The van der Waals surface area contributed by atoms with Crippen LogP contribution in [0.4, 0.5) is 5.69 Å². The van der Waals surface area contributed by atoms with Crippen molar-refractivity contribution in [2.75, 3.05) is 5.73 Å². The highest BCUT2D eigenvalue weighted by atomic mass is 32.2. The summed E-state index contributed by atoms with van der Waals surface area (Å²) in [7, 11) is -3.75. The van der Waals surface area contributed by atoms with Crippen LogP contribution in [0.2, 0.25) is 0 Å². The smallest absolute Gasteiger partial charge is 0.205 e. The Morgan fingerprint density at radius 3 is 2.38 bits per heavy atom. The van der Waals surface area contributed by atoms with E-state index in [1.165, 1.54) is 13.0 Å². The third-order valence-corrected chi connectivity index (χ3v) is 4.39. The molecule has 1 aromatic rings. The number of thiol groups is 1. The normalized spacial score (nSPS) is 15.8. The van der Waals surface area contributed by atoms with Crippen LogP contribution in [0.1, 0.15) is 24.7 Å². The molecule has 0 aromatic heterocycles. The molecule has 16 heavy (non-hydrogen) atoms. The van der Waals surface area contributed by atoms with E-state index in [4.69, 9.17) is 5.73 Å². The van der Waals surface area contributed by atoms with Crippen LogP contribution >= 0.6 is 12.6 Å². The van der Waals surface area contributed by atoms with Crippen molar-refractivity contribution in [2.24, 2.45) is 0 Å². The maximum absolute atomic E-state index is 11.9. The fraction of sp³-hybridized carbons (Fsp3) is 0.400. The summed E-state index contributed by atoms with van der Waals surface area (Å²) in [4.78, 5) is 0.0463. The minimum Gasteiger partial charge on any atom is -0.399 e. The van der Waals surface area contributed by atoms with Crippen molar-refractivity contribution in [1.82, 2.24) is 0 Å². The zero-order chi connectivity index (χ0) is 12.5. The number of nitrogen functional groups attached to an aromatic ring is 1. The van der Waals surface area contributed by atoms with Crippen molar-refractivity contribution in [3.05, 3.63) is 23.8 Å². The lowest BCUT2D eigenvalue weighted by atomic mass is 10.1. The van der Waals surface area contributed by atoms with Gasteiger partial charge in [0, 0.05) is 10.9 Å². The predicted molar refractivity (Wildman–Crippen MR) is 67.1 cm³/mol. The van der Waals surface area contributed by atoms with Gasteiger partial charge in [-0.15, -0.1) is 0 Å². The molecule has 90 valence electrons. The van der Waals surface area contributed by atoms with Crippen LogP contribution < -0.4 is 5.73 Å². The van der Waals surface area contributed by atoms with Gasteiger partial charge in [-0.25, -0.2) is 8.42 Å². The Bertz CT molecular complexity index is 481. The van der Waals surface area contributed by atoms with Gasteiger partial charge in [0.25, 0.3) is 0 Å². The van der Waals surface area contributed by atoms with Crippen molar-refractivity contribution < 1.29 is 13.5 Å². The van der Waals surface area contributed by atoms with E-state index in [0.717, 1.165) is 0 Å². The maximum Gasteiger partial charge on any atom is 0.205 e. The van der Waals surface area contributed by atoms with Crippen LogP contribution in [0.5, 0.6) is 0 Å². The molecule has 0 radical (unpaired) electrons. The van der Waals surface area contributed by atoms with Gasteiger partial charge in [0.05, 0.1) is 4.90 Å². The van der Waals surface area contributed by atoms with Gasteiger partial charge in [0.2, 0.25) is 9.84 Å². The standard InChI is InChI=1S/C10H15NO3S2/c1-6(15)9-4-3-8(11)5-10(9)16(13,14)7(2)12/h3-7,12,15H,11H2,1-2H3. The molecule has 1 aromatic carbocycles. The van der Waals surface area contributed by atoms with Crippen LogP contribution in [-0.4, -0.2) is 19.0 Å². The second kappa shape index (κ2) is 4.65. The van der Waals surface area contributed by atoms with Crippen molar-refractivity contribution in [3.63, 3.8) is 0 Å². The van der Waals surface area contributed by atoms with Crippen LogP contribution in [0.15, 0.2) is 23.1 Å². The van der Waals surface area contributed by atoms with Gasteiger partial charge >= 0.3 is 0 Å². The van der Waals surface area contributed by atoms with Crippen molar-refractivity contribution in [1.29, 1.82) is 0 Å². The van der Waals surface area contributed by atoms with Crippen LogP contribution in [0.25, 0.3) is 0 Å². The van der Waals surface area contributed by atoms with Crippen molar-refractivity contribution in [3.8, 4) is 0 Å². The topological polar surface area (TPSA) is 80.4 Å². The molecule has 1 rings (SSSR count). The van der Waals surface area contributed by atoms with E-state index in [1.54, 1.807) is 19.1 Å². The Balaban J connectivity index is 3.48. The molecule has 0 aliphatic heterocycles. The molecular formula is C10H15NO3S2. The minimum absolute atomic E-state index is 0.0463. The average molecular weight is 261 g/mol. The van der Waals surface area contributed by atoms with Gasteiger partial charge in [-0.3, -0.25) is 0 Å². The number of sulfone groups is 1. The number of nitrogens with two attached hydrogens (primary N) is 1. The quantitative estimate of drug-likeness (QED) is 0.567. The SMILES string of the molecule is CC(S)c1ccc(N)cc1S(=O)(=O)C(C)O. The molecule has 0 aliphatic carbocycles. The zero-order valence-electron chi connectivity index (χ0n) is 9.08. The summed E-state index contributed by atoms with van der Waals surface area (Å²) in [5.41, 5.74) is 4.98. The van der Waals surface area contributed by atoms with Crippen LogP contribution in [-0.2, 0) is 9.84 Å². The largest absolute Gasteiger partial charge is 0.399 e. The minimum atomic E-state index is -3.75. The molecule has 0 saturated heterocycles. The fourth-order valence-corrected chi connectivity index (χ4v) is 2.88. The summed E-state index contributed by atoms with van der Waals surface area (Å²) in [6.07, 6.45) is 0. The summed E-state index contributed by atoms with van der Waals surface area (Å²) in [6.45, 7) is 2.97. The maximum atomic E-state index is 11.9. The molecule has 4 nitrogen and oxygen atoms in total. The molecule has 6 heteroatoms. The highest BCUT2D eigenvalue weighted by Gasteiger charge is 2.25. The molecule has 0 saturated carbocycles. The molecule has 3 N–H and O–H groups in total. The van der Waals surface area contributed by atoms with Crippen molar-refractivity contribution in [2.45, 2.75) is 29.4 Å². The second-order valence-electron chi connectivity index (χ2n) is 3.62. The van der Waals surface area contributed by atoms with Gasteiger partial charge in [-0.2, -0.15) is 12.6 Å². The van der Waals surface area contributed by atoms with E-state index < -0.39 is 15.3 Å². The zero-order valence-corrected chi connectivity index (χ0v) is 10.8. The summed E-state index contributed by atoms with van der Waals surface area (Å²) in [6, 6.07) is 4.58. The van der Waals surface area contributed by atoms with Gasteiger partial charge in [0.15, 0.2) is 5.44 Å². The lowest BCUT2D eigenvalue weighted by Gasteiger charge is -2.15. The van der Waals surface area contributed by atoms with E-state index in [0.29, 0.717) is 11.3 Å². The molecule has 0 spiro atoms. The Morgan fingerprint density at radius 2 is 1.94 bits per heavy atom. The second-order valence-corrected chi connectivity index (χ2v) is 6.60. The monoisotopic (exact) mass is 261 g/mol. The molecule has 2 unspecified atom stereocenters. The highest BCUT2D eigenvalue weighted by molar-refractivity contribution is 7.92. The Kier molecular flexibility index (Phi) is 3.88. The Hall–Kier alpha value is -0.720. The number of aliphatic hydroxyl groups excluding tert-OH is 1. The van der Waals surface area contributed by atoms with Gasteiger partial charge < -0.3 is 10.8 Å². The molecule has 0 bridgehead atoms. The van der Waals surface area contributed by atoms with Gasteiger partial charge in [-0.1, -0.05) is 6.07 Å². The third kappa shape index (κ3) is 2.50. The predicted octanol–water partition coefficient (Wildman–Crippen LogP) is 1.37. The molecule has 0 heterocycles. The number of hydrogen-bond acceptors (Lipinski definition) is 5. The first kappa shape index (κ1) is 13.3. The van der Waals surface area contributed by atoms with Crippen LogP contribution in [0, 0.1) is 0 Å². The fourth-order valence-electron chi connectivity index (χ4n) is 1.33. The Morgan fingerprint density at radius 1 is 1.38 bits per heavy atom. The van der Waals surface area contributed by atoms with Gasteiger partial charge in [0.1, 0.15) is 0 Å².